The van der Waals surface area contributed by atoms with Crippen molar-refractivity contribution in [1.82, 2.24) is 24.5 Å². The zero-order valence-electron chi connectivity index (χ0n) is 22.6. The lowest BCUT2D eigenvalue weighted by Gasteiger charge is -2.10. The topological polar surface area (TPSA) is 77.6 Å². The second-order valence-corrected chi connectivity index (χ2v) is 10.1. The van der Waals surface area contributed by atoms with Crippen LogP contribution in [-0.4, -0.2) is 30.5 Å². The summed E-state index contributed by atoms with van der Waals surface area (Å²) in [5.74, 6) is -0.169. The molecule has 0 atom stereocenters. The van der Waals surface area contributed by atoms with Gasteiger partial charge in [0.25, 0.3) is 0 Å². The van der Waals surface area contributed by atoms with Crippen LogP contribution >= 0.6 is 0 Å². The molecule has 1 amide bonds. The monoisotopic (exact) mass is 514 g/mol. The van der Waals surface area contributed by atoms with E-state index in [2.05, 4.69) is 83.0 Å². The van der Waals surface area contributed by atoms with Crippen LogP contribution in [0.5, 0.6) is 0 Å². The van der Waals surface area contributed by atoms with Gasteiger partial charge >= 0.3 is 0 Å². The van der Waals surface area contributed by atoms with E-state index in [4.69, 9.17) is 5.10 Å². The lowest BCUT2D eigenvalue weighted by molar-refractivity contribution is -0.116. The van der Waals surface area contributed by atoms with Crippen LogP contribution in [0.25, 0.3) is 32.9 Å². The first-order valence-corrected chi connectivity index (χ1v) is 13.1. The number of hydrogen-bond donors (Lipinski definition) is 1. The number of amides is 1. The predicted octanol–water partition coefficient (Wildman–Crippen LogP) is 6.37. The first-order valence-electron chi connectivity index (χ1n) is 13.1. The Bertz CT molecular complexity index is 1840. The maximum absolute atomic E-state index is 13.2. The van der Waals surface area contributed by atoms with Gasteiger partial charge in [0.15, 0.2) is 5.65 Å². The number of nitrogens with zero attached hydrogens (tertiary/aromatic N) is 5. The number of nitrogens with one attached hydrogen (secondary N) is 1. The van der Waals surface area contributed by atoms with E-state index >= 15 is 0 Å². The van der Waals surface area contributed by atoms with Crippen molar-refractivity contribution < 1.29 is 4.79 Å². The first kappa shape index (κ1) is 24.6. The molecule has 3 aromatic carbocycles. The van der Waals surface area contributed by atoms with Crippen LogP contribution in [0.4, 0.5) is 5.69 Å². The third kappa shape index (κ3) is 4.56. The van der Waals surface area contributed by atoms with E-state index in [1.165, 1.54) is 21.9 Å². The summed E-state index contributed by atoms with van der Waals surface area (Å²) in [5.41, 5.74) is 8.52. The number of aromatic nitrogens is 5. The van der Waals surface area contributed by atoms with Crippen LogP contribution in [0.15, 0.2) is 79.0 Å². The number of anilines is 1. The number of aryl methyl sites for hydroxylation is 3. The van der Waals surface area contributed by atoms with Crippen LogP contribution in [0.3, 0.4) is 0 Å². The van der Waals surface area contributed by atoms with Crippen molar-refractivity contribution in [2.24, 2.45) is 0 Å². The molecule has 0 fully saturated rings. The van der Waals surface area contributed by atoms with Crippen LogP contribution < -0.4 is 5.32 Å². The fourth-order valence-electron chi connectivity index (χ4n) is 5.30. The molecule has 7 heteroatoms. The number of carbonyl (C=O) groups is 1. The Kier molecular flexibility index (Phi) is 6.19. The smallest absolute Gasteiger partial charge is 0.246 e. The van der Waals surface area contributed by atoms with Gasteiger partial charge in [-0.1, -0.05) is 72.3 Å². The molecule has 0 aliphatic rings. The minimum atomic E-state index is -0.169. The average molecular weight is 515 g/mol. The highest BCUT2D eigenvalue weighted by atomic mass is 16.2. The zero-order valence-corrected chi connectivity index (χ0v) is 22.6. The number of pyridine rings is 1. The van der Waals surface area contributed by atoms with Gasteiger partial charge in [0.05, 0.1) is 29.3 Å². The molecule has 6 rings (SSSR count). The normalized spacial score (nSPS) is 11.4. The number of hydrogen-bond acceptors (Lipinski definition) is 4. The minimum Gasteiger partial charge on any atom is -0.321 e. The molecule has 0 spiro atoms. The second-order valence-electron chi connectivity index (χ2n) is 10.1. The van der Waals surface area contributed by atoms with Gasteiger partial charge in [-0.25, -0.2) is 9.67 Å². The highest BCUT2D eigenvalue weighted by Crippen LogP contribution is 2.30. The summed E-state index contributed by atoms with van der Waals surface area (Å²) in [6.07, 6.45) is 1.78. The van der Waals surface area contributed by atoms with E-state index < -0.39 is 0 Å². The lowest BCUT2D eigenvalue weighted by atomic mass is 10.0. The van der Waals surface area contributed by atoms with Gasteiger partial charge in [0, 0.05) is 11.6 Å². The van der Waals surface area contributed by atoms with Gasteiger partial charge in [-0.3, -0.25) is 9.48 Å². The summed E-state index contributed by atoms with van der Waals surface area (Å²) in [6.45, 7) is 8.63. The number of rotatable bonds is 6. The van der Waals surface area contributed by atoms with Gasteiger partial charge in [0.2, 0.25) is 5.91 Å². The SMILES string of the molecule is Cc1ccc(-c2ccnc3c2c(C)nn3CC(=O)Nc2c(C)nn(Cc3cccc4ccccc34)c2C)cc1. The number of fused-ring (bicyclic) bond motifs is 2. The third-order valence-corrected chi connectivity index (χ3v) is 7.31. The molecule has 0 aliphatic heterocycles. The average Bonchev–Trinajstić information content (AvgIpc) is 3.39. The molecule has 0 bridgehead atoms. The molecule has 7 nitrogen and oxygen atoms in total. The maximum atomic E-state index is 13.2. The number of carbonyl (C=O) groups excluding carboxylic acids is 1. The second kappa shape index (κ2) is 9.83. The summed E-state index contributed by atoms with van der Waals surface area (Å²) in [6, 6.07) is 25.1. The summed E-state index contributed by atoms with van der Waals surface area (Å²) in [5, 5.41) is 15.9. The Labute approximate surface area is 227 Å². The Balaban J connectivity index is 1.25. The Hall–Kier alpha value is -4.78. The Morgan fingerprint density at radius 3 is 2.38 bits per heavy atom. The third-order valence-electron chi connectivity index (χ3n) is 7.31. The molecular formula is C32H30N6O. The van der Waals surface area contributed by atoms with Gasteiger partial charge in [-0.2, -0.15) is 10.2 Å². The fraction of sp³-hybridized carbons (Fsp3) is 0.188. The minimum absolute atomic E-state index is 0.0576. The molecule has 6 aromatic rings. The van der Waals surface area contributed by atoms with Crippen molar-refractivity contribution in [3.05, 3.63) is 107 Å². The van der Waals surface area contributed by atoms with E-state index in [-0.39, 0.29) is 12.5 Å². The number of benzene rings is 3. The molecule has 0 radical (unpaired) electrons. The van der Waals surface area contributed by atoms with Crippen molar-refractivity contribution in [1.29, 1.82) is 0 Å². The van der Waals surface area contributed by atoms with Crippen molar-refractivity contribution in [2.75, 3.05) is 5.32 Å². The Morgan fingerprint density at radius 2 is 1.56 bits per heavy atom. The standard InChI is InChI=1S/C32H30N6O/c1-20-12-14-25(15-13-20)28-16-17-33-32-30(28)21(2)35-38(32)19-29(39)34-31-22(3)36-37(23(31)4)18-26-10-7-9-24-8-5-6-11-27(24)26/h5-17H,18-19H2,1-4H3,(H,34,39). The van der Waals surface area contributed by atoms with E-state index in [1.54, 1.807) is 10.9 Å². The van der Waals surface area contributed by atoms with Crippen molar-refractivity contribution in [3.63, 3.8) is 0 Å². The van der Waals surface area contributed by atoms with Crippen LogP contribution in [0.2, 0.25) is 0 Å². The molecular weight excluding hydrogens is 484 g/mol. The van der Waals surface area contributed by atoms with E-state index in [1.807, 2.05) is 37.6 Å². The highest BCUT2D eigenvalue weighted by molar-refractivity contribution is 5.96. The van der Waals surface area contributed by atoms with Gasteiger partial charge in [-0.15, -0.1) is 0 Å². The highest BCUT2D eigenvalue weighted by Gasteiger charge is 2.19. The van der Waals surface area contributed by atoms with E-state index in [0.29, 0.717) is 12.2 Å². The van der Waals surface area contributed by atoms with Crippen LogP contribution in [0.1, 0.15) is 28.2 Å². The quantitative estimate of drug-likeness (QED) is 0.280. The van der Waals surface area contributed by atoms with Crippen molar-refractivity contribution in [3.8, 4) is 11.1 Å². The molecule has 0 saturated carbocycles. The zero-order chi connectivity index (χ0) is 27.1. The van der Waals surface area contributed by atoms with Gasteiger partial charge in [0.1, 0.15) is 6.54 Å². The van der Waals surface area contributed by atoms with Crippen LogP contribution in [-0.2, 0) is 17.9 Å². The molecule has 0 unspecified atom stereocenters. The molecule has 3 heterocycles. The van der Waals surface area contributed by atoms with Crippen LogP contribution in [0, 0.1) is 27.7 Å². The Morgan fingerprint density at radius 1 is 0.821 bits per heavy atom. The van der Waals surface area contributed by atoms with Crippen molar-refractivity contribution in [2.45, 2.75) is 40.8 Å². The molecule has 0 aliphatic carbocycles. The fourth-order valence-corrected chi connectivity index (χ4v) is 5.30. The summed E-state index contributed by atoms with van der Waals surface area (Å²) in [7, 11) is 0. The molecule has 0 saturated heterocycles. The summed E-state index contributed by atoms with van der Waals surface area (Å²) < 4.78 is 3.64. The molecule has 194 valence electrons. The first-order chi connectivity index (χ1) is 18.9. The largest absolute Gasteiger partial charge is 0.321 e. The summed E-state index contributed by atoms with van der Waals surface area (Å²) in [4.78, 5) is 17.8. The van der Waals surface area contributed by atoms with E-state index in [9.17, 15) is 4.79 Å². The molecule has 1 N–H and O–H groups in total. The molecule has 39 heavy (non-hydrogen) atoms. The van der Waals surface area contributed by atoms with Gasteiger partial charge in [-0.05, 0) is 61.2 Å². The van der Waals surface area contributed by atoms with E-state index in [0.717, 1.165) is 39.3 Å². The predicted molar refractivity (Wildman–Crippen MR) is 156 cm³/mol. The molecule has 3 aromatic heterocycles. The summed E-state index contributed by atoms with van der Waals surface area (Å²) >= 11 is 0. The lowest BCUT2D eigenvalue weighted by Crippen LogP contribution is -2.20. The van der Waals surface area contributed by atoms with Crippen molar-refractivity contribution >= 4 is 33.4 Å². The maximum Gasteiger partial charge on any atom is 0.246 e. The van der Waals surface area contributed by atoms with Gasteiger partial charge < -0.3 is 5.32 Å².